The molecule has 0 spiro atoms. The molecule has 7 nitrogen and oxygen atoms in total. The molecule has 1 heterocycles. The van der Waals surface area contributed by atoms with Crippen molar-refractivity contribution in [1.29, 1.82) is 0 Å². The summed E-state index contributed by atoms with van der Waals surface area (Å²) >= 11 is 1.30. The van der Waals surface area contributed by atoms with Crippen LogP contribution in [0.2, 0.25) is 0 Å². The minimum atomic E-state index is -0.136. The van der Waals surface area contributed by atoms with Crippen LogP contribution in [0.4, 0.5) is 11.4 Å². The van der Waals surface area contributed by atoms with Crippen LogP contribution in [0, 0.1) is 13.8 Å². The molecule has 8 heteroatoms. The van der Waals surface area contributed by atoms with Gasteiger partial charge in [-0.25, -0.2) is 9.97 Å². The van der Waals surface area contributed by atoms with Crippen molar-refractivity contribution in [3.8, 4) is 5.75 Å². The maximum absolute atomic E-state index is 12.3. The van der Waals surface area contributed by atoms with Gasteiger partial charge in [-0.3, -0.25) is 9.59 Å². The fourth-order valence-corrected chi connectivity index (χ4v) is 3.61. The van der Waals surface area contributed by atoms with Crippen molar-refractivity contribution in [2.75, 3.05) is 16.4 Å². The van der Waals surface area contributed by atoms with Crippen LogP contribution in [0.5, 0.6) is 5.75 Å². The van der Waals surface area contributed by atoms with Crippen LogP contribution in [0.1, 0.15) is 23.9 Å². The highest BCUT2D eigenvalue weighted by Crippen LogP contribution is 2.20. The van der Waals surface area contributed by atoms with Crippen LogP contribution >= 0.6 is 11.8 Å². The number of carbonyl (C=O) groups is 2. The number of rotatable bonds is 8. The lowest BCUT2D eigenvalue weighted by atomic mass is 10.2. The Balaban J connectivity index is 1.53. The highest BCUT2D eigenvalue weighted by Gasteiger charge is 2.08. The van der Waals surface area contributed by atoms with E-state index in [1.165, 1.54) is 18.7 Å². The molecule has 0 saturated carbocycles. The first-order chi connectivity index (χ1) is 14.9. The van der Waals surface area contributed by atoms with Gasteiger partial charge in [0.15, 0.2) is 5.16 Å². The Labute approximate surface area is 185 Å². The first-order valence-corrected chi connectivity index (χ1v) is 10.7. The molecule has 2 aromatic carbocycles. The van der Waals surface area contributed by atoms with Crippen molar-refractivity contribution in [1.82, 2.24) is 9.97 Å². The van der Waals surface area contributed by atoms with Crippen molar-refractivity contribution in [3.63, 3.8) is 0 Å². The minimum absolute atomic E-state index is 0.131. The summed E-state index contributed by atoms with van der Waals surface area (Å²) in [4.78, 5) is 32.2. The SMILES string of the molecule is CC(=O)Nc1cccc(OCc2cccc(NC(=O)CSc3nc(C)cc(C)n3)c2)c1. The van der Waals surface area contributed by atoms with Gasteiger partial charge in [0.2, 0.25) is 11.8 Å². The van der Waals surface area contributed by atoms with Gasteiger partial charge >= 0.3 is 0 Å². The quantitative estimate of drug-likeness (QED) is 0.403. The summed E-state index contributed by atoms with van der Waals surface area (Å²) in [7, 11) is 0. The van der Waals surface area contributed by atoms with Crippen LogP contribution in [0.25, 0.3) is 0 Å². The van der Waals surface area contributed by atoms with Gasteiger partial charge < -0.3 is 15.4 Å². The van der Waals surface area contributed by atoms with Gasteiger partial charge in [0.25, 0.3) is 0 Å². The summed E-state index contributed by atoms with van der Waals surface area (Å²) < 4.78 is 5.82. The Morgan fingerprint density at radius 1 is 0.935 bits per heavy atom. The van der Waals surface area contributed by atoms with Crippen molar-refractivity contribution in [2.45, 2.75) is 32.5 Å². The molecular weight excluding hydrogens is 412 g/mol. The average molecular weight is 437 g/mol. The smallest absolute Gasteiger partial charge is 0.234 e. The van der Waals surface area contributed by atoms with E-state index >= 15 is 0 Å². The zero-order valence-corrected chi connectivity index (χ0v) is 18.5. The molecule has 0 unspecified atom stereocenters. The molecule has 0 aliphatic carbocycles. The fourth-order valence-electron chi connectivity index (χ4n) is 2.86. The van der Waals surface area contributed by atoms with Crippen LogP contribution in [0.3, 0.4) is 0 Å². The molecule has 0 fully saturated rings. The van der Waals surface area contributed by atoms with E-state index in [0.29, 0.717) is 28.9 Å². The molecule has 0 radical (unpaired) electrons. The molecule has 0 bridgehead atoms. The molecule has 160 valence electrons. The van der Waals surface area contributed by atoms with E-state index in [1.807, 2.05) is 56.3 Å². The van der Waals surface area contributed by atoms with Gasteiger partial charge in [-0.2, -0.15) is 0 Å². The molecule has 1 aromatic heterocycles. The molecule has 3 aromatic rings. The summed E-state index contributed by atoms with van der Waals surface area (Å²) in [5.74, 6) is 0.599. The summed E-state index contributed by atoms with van der Waals surface area (Å²) in [5, 5.41) is 6.21. The van der Waals surface area contributed by atoms with Crippen LogP contribution in [0.15, 0.2) is 59.8 Å². The van der Waals surface area contributed by atoms with Crippen molar-refractivity contribution in [3.05, 3.63) is 71.5 Å². The Hall–Kier alpha value is -3.39. The lowest BCUT2D eigenvalue weighted by Gasteiger charge is -2.10. The van der Waals surface area contributed by atoms with Gasteiger partial charge in [-0.1, -0.05) is 30.0 Å². The lowest BCUT2D eigenvalue weighted by molar-refractivity contribution is -0.114. The van der Waals surface area contributed by atoms with E-state index in [4.69, 9.17) is 4.74 Å². The number of hydrogen-bond donors (Lipinski definition) is 2. The molecule has 31 heavy (non-hydrogen) atoms. The molecule has 2 N–H and O–H groups in total. The van der Waals surface area contributed by atoms with E-state index in [0.717, 1.165) is 17.0 Å². The number of thioether (sulfide) groups is 1. The second kappa shape index (κ2) is 10.6. The van der Waals surface area contributed by atoms with Gasteiger partial charge in [-0.15, -0.1) is 0 Å². The Morgan fingerprint density at radius 3 is 2.32 bits per heavy atom. The highest BCUT2D eigenvalue weighted by molar-refractivity contribution is 7.99. The zero-order valence-electron chi connectivity index (χ0n) is 17.6. The molecule has 0 atom stereocenters. The number of aromatic nitrogens is 2. The molecule has 3 rings (SSSR count). The standard InChI is InChI=1S/C23H24N4O3S/c1-15-10-16(2)25-23(24-15)31-14-22(29)27-19-7-4-6-18(11-19)13-30-21-9-5-8-20(12-21)26-17(3)28/h4-12H,13-14H2,1-3H3,(H,26,28)(H,27,29). The summed E-state index contributed by atoms with van der Waals surface area (Å²) in [6.45, 7) is 5.60. The number of aryl methyl sites for hydroxylation is 2. The maximum atomic E-state index is 12.3. The predicted octanol–water partition coefficient (Wildman–Crippen LogP) is 4.36. The molecular formula is C23H24N4O3S. The van der Waals surface area contributed by atoms with Gasteiger partial charge in [0.05, 0.1) is 5.75 Å². The van der Waals surface area contributed by atoms with Crippen molar-refractivity contribution in [2.24, 2.45) is 0 Å². The molecule has 2 amide bonds. The summed E-state index contributed by atoms with van der Waals surface area (Å²) in [5.41, 5.74) is 4.04. The Morgan fingerprint density at radius 2 is 1.61 bits per heavy atom. The topological polar surface area (TPSA) is 93.2 Å². The number of hydrogen-bond acceptors (Lipinski definition) is 6. The third kappa shape index (κ3) is 7.42. The van der Waals surface area contributed by atoms with Crippen molar-refractivity contribution >= 4 is 35.0 Å². The van der Waals surface area contributed by atoms with Gasteiger partial charge in [0.1, 0.15) is 12.4 Å². The highest BCUT2D eigenvalue weighted by atomic mass is 32.2. The second-order valence-corrected chi connectivity index (χ2v) is 7.91. The molecule has 0 saturated heterocycles. The predicted molar refractivity (Wildman–Crippen MR) is 122 cm³/mol. The van der Waals surface area contributed by atoms with E-state index in [2.05, 4.69) is 20.6 Å². The van der Waals surface area contributed by atoms with Gasteiger partial charge in [0, 0.05) is 35.8 Å². The number of ether oxygens (including phenoxy) is 1. The third-order valence-corrected chi connectivity index (χ3v) is 4.91. The van der Waals surface area contributed by atoms with Crippen LogP contribution < -0.4 is 15.4 Å². The van der Waals surface area contributed by atoms with E-state index < -0.39 is 0 Å². The summed E-state index contributed by atoms with van der Waals surface area (Å²) in [6, 6.07) is 16.6. The number of nitrogens with zero attached hydrogens (tertiary/aromatic N) is 2. The van der Waals surface area contributed by atoms with Crippen LogP contribution in [-0.2, 0) is 16.2 Å². The van der Waals surface area contributed by atoms with Crippen molar-refractivity contribution < 1.29 is 14.3 Å². The second-order valence-electron chi connectivity index (χ2n) is 6.97. The largest absolute Gasteiger partial charge is 0.489 e. The number of carbonyl (C=O) groups excluding carboxylic acids is 2. The van der Waals surface area contributed by atoms with E-state index in [1.54, 1.807) is 12.1 Å². The number of amides is 2. The Bertz CT molecular complexity index is 1070. The zero-order chi connectivity index (χ0) is 22.2. The number of benzene rings is 2. The maximum Gasteiger partial charge on any atom is 0.234 e. The Kier molecular flexibility index (Phi) is 7.61. The monoisotopic (exact) mass is 436 g/mol. The lowest BCUT2D eigenvalue weighted by Crippen LogP contribution is -2.14. The third-order valence-electron chi connectivity index (χ3n) is 4.06. The van der Waals surface area contributed by atoms with E-state index in [9.17, 15) is 9.59 Å². The molecule has 0 aliphatic heterocycles. The summed E-state index contributed by atoms with van der Waals surface area (Å²) in [6.07, 6.45) is 0. The minimum Gasteiger partial charge on any atom is -0.489 e. The average Bonchev–Trinajstić information content (AvgIpc) is 2.70. The van der Waals surface area contributed by atoms with Crippen LogP contribution in [-0.4, -0.2) is 27.5 Å². The first kappa shape index (κ1) is 22.3. The normalized spacial score (nSPS) is 10.4. The number of nitrogens with one attached hydrogen (secondary N) is 2. The van der Waals surface area contributed by atoms with E-state index in [-0.39, 0.29) is 17.6 Å². The first-order valence-electron chi connectivity index (χ1n) is 9.72. The fraction of sp³-hybridized carbons (Fsp3) is 0.217. The number of anilines is 2. The van der Waals surface area contributed by atoms with Gasteiger partial charge in [-0.05, 0) is 49.7 Å². The molecule has 0 aliphatic rings.